The molecule has 0 aliphatic heterocycles. The first-order valence-electron chi connectivity index (χ1n) is 10.3. The number of nitro groups is 1. The molecule has 33 heavy (non-hydrogen) atoms. The molecule has 0 spiro atoms. The van der Waals surface area contributed by atoms with Crippen molar-refractivity contribution in [2.75, 3.05) is 7.11 Å². The van der Waals surface area contributed by atoms with E-state index in [0.717, 1.165) is 17.2 Å². The largest absolute Gasteiger partial charge is 0.490 e. The summed E-state index contributed by atoms with van der Waals surface area (Å²) < 4.78 is 10.3. The zero-order valence-corrected chi connectivity index (χ0v) is 18.3. The summed E-state index contributed by atoms with van der Waals surface area (Å²) >= 11 is 0. The third-order valence-electron chi connectivity index (χ3n) is 4.99. The number of hydrogen-bond donors (Lipinski definition) is 0. The maximum absolute atomic E-state index is 13.2. The van der Waals surface area contributed by atoms with Gasteiger partial charge >= 0.3 is 11.7 Å². The molecule has 3 aromatic rings. The highest BCUT2D eigenvalue weighted by Gasteiger charge is 2.26. The maximum Gasteiger partial charge on any atom is 0.339 e. The van der Waals surface area contributed by atoms with Crippen molar-refractivity contribution in [2.24, 2.45) is 0 Å². The quantitative estimate of drug-likeness (QED) is 0.274. The highest BCUT2D eigenvalue weighted by molar-refractivity contribution is 5.93. The van der Waals surface area contributed by atoms with Crippen molar-refractivity contribution in [1.29, 1.82) is 0 Å². The number of benzene rings is 3. The normalized spacial score (nSPS) is 11.3. The summed E-state index contributed by atoms with van der Waals surface area (Å²) in [6.45, 7) is 2.16. The fourth-order valence-corrected chi connectivity index (χ4v) is 3.32. The molecule has 0 aliphatic rings. The van der Waals surface area contributed by atoms with E-state index in [0.29, 0.717) is 13.1 Å². The van der Waals surface area contributed by atoms with Crippen LogP contribution in [0.2, 0.25) is 0 Å². The van der Waals surface area contributed by atoms with Crippen LogP contribution in [0.1, 0.15) is 28.4 Å². The second-order valence-corrected chi connectivity index (χ2v) is 7.36. The van der Waals surface area contributed by atoms with E-state index in [1.54, 1.807) is 4.90 Å². The Labute approximate surface area is 191 Å². The van der Waals surface area contributed by atoms with Gasteiger partial charge in [-0.15, -0.1) is 0 Å². The minimum Gasteiger partial charge on any atom is -0.490 e. The van der Waals surface area contributed by atoms with Gasteiger partial charge in [-0.05, 0) is 30.2 Å². The minimum absolute atomic E-state index is 0.0255. The maximum atomic E-state index is 13.2. The number of ether oxygens (including phenoxy) is 2. The molecular weight excluding hydrogens is 424 g/mol. The minimum atomic E-state index is -1.09. The number of amides is 1. The lowest BCUT2D eigenvalue weighted by Crippen LogP contribution is -2.39. The van der Waals surface area contributed by atoms with Crippen LogP contribution in [0.3, 0.4) is 0 Å². The molecule has 1 atom stereocenters. The van der Waals surface area contributed by atoms with E-state index in [2.05, 4.69) is 0 Å². The van der Waals surface area contributed by atoms with E-state index < -0.39 is 17.0 Å². The summed E-state index contributed by atoms with van der Waals surface area (Å²) in [6.07, 6.45) is -1.09. The fourth-order valence-electron chi connectivity index (χ4n) is 3.32. The van der Waals surface area contributed by atoms with E-state index in [1.807, 2.05) is 60.7 Å². The molecule has 3 aromatic carbocycles. The summed E-state index contributed by atoms with van der Waals surface area (Å²) in [6, 6.07) is 22.8. The van der Waals surface area contributed by atoms with Gasteiger partial charge in [-0.2, -0.15) is 0 Å². The first-order valence-corrected chi connectivity index (χ1v) is 10.3. The summed E-state index contributed by atoms with van der Waals surface area (Å²) in [5, 5.41) is 11.2. The average Bonchev–Trinajstić information content (AvgIpc) is 2.83. The van der Waals surface area contributed by atoms with Gasteiger partial charge in [0.25, 0.3) is 5.91 Å². The summed E-state index contributed by atoms with van der Waals surface area (Å²) in [4.78, 5) is 38.0. The number of nitro benzene ring substituents is 1. The van der Waals surface area contributed by atoms with Crippen LogP contribution in [0.5, 0.6) is 5.75 Å². The Kier molecular flexibility index (Phi) is 7.75. The van der Waals surface area contributed by atoms with Gasteiger partial charge in [0.15, 0.2) is 11.9 Å². The van der Waals surface area contributed by atoms with Crippen LogP contribution in [0.4, 0.5) is 5.69 Å². The topological polar surface area (TPSA) is 99.0 Å². The van der Waals surface area contributed by atoms with E-state index in [4.69, 9.17) is 9.47 Å². The summed E-state index contributed by atoms with van der Waals surface area (Å²) in [5.41, 5.74) is 1.47. The van der Waals surface area contributed by atoms with E-state index in [1.165, 1.54) is 26.2 Å². The first kappa shape index (κ1) is 23.5. The molecular formula is C25H24N2O6. The first-order chi connectivity index (χ1) is 15.9. The van der Waals surface area contributed by atoms with Crippen LogP contribution in [0.25, 0.3) is 0 Å². The van der Waals surface area contributed by atoms with Gasteiger partial charge in [-0.3, -0.25) is 14.9 Å². The van der Waals surface area contributed by atoms with Gasteiger partial charge in [0.2, 0.25) is 0 Å². The lowest BCUT2D eigenvalue weighted by atomic mass is 10.1. The van der Waals surface area contributed by atoms with Crippen LogP contribution >= 0.6 is 0 Å². The molecule has 3 rings (SSSR count). The summed E-state index contributed by atoms with van der Waals surface area (Å²) in [7, 11) is 1.30. The molecule has 170 valence electrons. The zero-order chi connectivity index (χ0) is 23.8. The van der Waals surface area contributed by atoms with Gasteiger partial charge in [-0.1, -0.05) is 60.7 Å². The fraction of sp³-hybridized carbons (Fsp3) is 0.200. The van der Waals surface area contributed by atoms with Crippen LogP contribution in [-0.2, 0) is 22.6 Å². The average molecular weight is 448 g/mol. The molecule has 8 nitrogen and oxygen atoms in total. The third-order valence-corrected chi connectivity index (χ3v) is 4.99. The molecule has 1 amide bonds. The van der Waals surface area contributed by atoms with E-state index in [9.17, 15) is 19.7 Å². The van der Waals surface area contributed by atoms with Crippen molar-refractivity contribution in [3.8, 4) is 5.75 Å². The zero-order valence-electron chi connectivity index (χ0n) is 18.3. The van der Waals surface area contributed by atoms with E-state index >= 15 is 0 Å². The lowest BCUT2D eigenvalue weighted by molar-refractivity contribution is -0.385. The van der Waals surface area contributed by atoms with Crippen LogP contribution in [0, 0.1) is 10.1 Å². The van der Waals surface area contributed by atoms with Gasteiger partial charge in [0, 0.05) is 19.2 Å². The standard InChI is InChI=1S/C25H24N2O6/c1-18(33-25(29)21-13-14-23(32-2)22(15-21)27(30)31)24(28)26(16-19-9-5-3-6-10-19)17-20-11-7-4-8-12-20/h3-15,18H,16-17H2,1-2H3. The van der Waals surface area contributed by atoms with Crippen LogP contribution in [-0.4, -0.2) is 34.9 Å². The highest BCUT2D eigenvalue weighted by Crippen LogP contribution is 2.28. The van der Waals surface area contributed by atoms with Crippen LogP contribution in [0.15, 0.2) is 78.9 Å². The number of carbonyl (C=O) groups is 2. The number of carbonyl (C=O) groups excluding carboxylic acids is 2. The molecule has 0 N–H and O–H groups in total. The Morgan fingerprint density at radius 3 is 1.97 bits per heavy atom. The smallest absolute Gasteiger partial charge is 0.339 e. The van der Waals surface area contributed by atoms with Crippen molar-refractivity contribution in [3.63, 3.8) is 0 Å². The van der Waals surface area contributed by atoms with Gasteiger partial charge in [-0.25, -0.2) is 4.79 Å². The monoisotopic (exact) mass is 448 g/mol. The highest BCUT2D eigenvalue weighted by atomic mass is 16.6. The Hall–Kier alpha value is -4.20. The third kappa shape index (κ3) is 6.16. The number of nitrogens with zero attached hydrogens (tertiary/aromatic N) is 2. The predicted molar refractivity (Wildman–Crippen MR) is 122 cm³/mol. The number of hydrogen-bond acceptors (Lipinski definition) is 6. The molecule has 0 bridgehead atoms. The SMILES string of the molecule is COc1ccc(C(=O)OC(C)C(=O)N(Cc2ccccc2)Cc2ccccc2)cc1[N+](=O)[O-]. The molecule has 0 radical (unpaired) electrons. The Balaban J connectivity index is 1.77. The van der Waals surface area contributed by atoms with Gasteiger partial charge in [0.05, 0.1) is 17.6 Å². The Morgan fingerprint density at radius 2 is 1.48 bits per heavy atom. The van der Waals surface area contributed by atoms with E-state index in [-0.39, 0.29) is 22.9 Å². The Bertz CT molecular complexity index is 1080. The Morgan fingerprint density at radius 1 is 0.939 bits per heavy atom. The summed E-state index contributed by atoms with van der Waals surface area (Å²) in [5.74, 6) is -1.18. The number of methoxy groups -OCH3 is 1. The molecule has 0 saturated heterocycles. The van der Waals surface area contributed by atoms with Gasteiger partial charge in [0.1, 0.15) is 0 Å². The van der Waals surface area contributed by atoms with Crippen molar-refractivity contribution in [2.45, 2.75) is 26.1 Å². The molecule has 0 aliphatic carbocycles. The van der Waals surface area contributed by atoms with Crippen molar-refractivity contribution < 1.29 is 24.0 Å². The van der Waals surface area contributed by atoms with Crippen molar-refractivity contribution in [1.82, 2.24) is 4.90 Å². The second kappa shape index (κ2) is 10.9. The molecule has 0 saturated carbocycles. The lowest BCUT2D eigenvalue weighted by Gasteiger charge is -2.26. The number of esters is 1. The molecule has 0 fully saturated rings. The van der Waals surface area contributed by atoms with Crippen LogP contribution < -0.4 is 4.74 Å². The second-order valence-electron chi connectivity index (χ2n) is 7.36. The predicted octanol–water partition coefficient (Wildman–Crippen LogP) is 4.38. The van der Waals surface area contributed by atoms with Gasteiger partial charge < -0.3 is 14.4 Å². The van der Waals surface area contributed by atoms with Crippen molar-refractivity contribution in [3.05, 3.63) is 106 Å². The molecule has 0 aromatic heterocycles. The molecule has 1 unspecified atom stereocenters. The molecule has 8 heteroatoms. The van der Waals surface area contributed by atoms with Crippen molar-refractivity contribution >= 4 is 17.6 Å². The molecule has 0 heterocycles. The number of rotatable bonds is 9.